The molecule has 7 amide bonds. The molecule has 10 atom stereocenters. The normalized spacial score (nSPS) is 27.5. The van der Waals surface area contributed by atoms with E-state index >= 15 is 0 Å². The Morgan fingerprint density at radius 2 is 1.34 bits per heavy atom. The quantitative estimate of drug-likeness (QED) is 0.120. The second-order valence-electron chi connectivity index (χ2n) is 17.2. The smallest absolute Gasteiger partial charge is 0.251 e. The molecule has 7 unspecified atom stereocenters. The van der Waals surface area contributed by atoms with Gasteiger partial charge in [-0.3, -0.25) is 33.6 Å². The minimum Gasteiger partial charge on any atom is -0.508 e. The molecule has 2 aromatic carbocycles. The highest BCUT2D eigenvalue weighted by Gasteiger charge is 2.45. The Hall–Kier alpha value is -5.63. The number of phenolic OH excluding ortho intramolecular Hbond substituents is 1. The predicted octanol–water partition coefficient (Wildman–Crippen LogP) is -1.13. The number of amides is 7. The van der Waals surface area contributed by atoms with E-state index in [1.54, 1.807) is 24.3 Å². The van der Waals surface area contributed by atoms with Gasteiger partial charge in [0.1, 0.15) is 42.0 Å². The Morgan fingerprint density at radius 1 is 0.766 bits per heavy atom. The summed E-state index contributed by atoms with van der Waals surface area (Å²) in [5, 5.41) is 55.6. The third-order valence-corrected chi connectivity index (χ3v) is 12.0. The minimum absolute atomic E-state index is 0.00927. The van der Waals surface area contributed by atoms with Crippen LogP contribution in [-0.2, 0) is 41.6 Å². The number of aromatic hydroxyl groups is 1. The van der Waals surface area contributed by atoms with Gasteiger partial charge in [-0.1, -0.05) is 44.0 Å². The van der Waals surface area contributed by atoms with Crippen LogP contribution in [-0.4, -0.2) is 152 Å². The van der Waals surface area contributed by atoms with Crippen LogP contribution in [0.15, 0.2) is 48.5 Å². The summed E-state index contributed by atoms with van der Waals surface area (Å²) in [7, 11) is 0. The van der Waals surface area contributed by atoms with Gasteiger partial charge in [0.2, 0.25) is 35.4 Å². The van der Waals surface area contributed by atoms with Crippen molar-refractivity contribution < 1.29 is 54.0 Å². The molecule has 0 saturated carbocycles. The second kappa shape index (κ2) is 22.8. The lowest BCUT2D eigenvalue weighted by Crippen LogP contribution is -2.61. The number of nitrogens with one attached hydrogen (secondary N) is 5. The topological polar surface area (TPSA) is 293 Å². The Bertz CT molecular complexity index is 1960. The number of unbranched alkanes of at least 4 members (excludes halogenated alkanes) is 2. The number of nitrogens with zero attached hydrogens (tertiary/aromatic N) is 2. The van der Waals surface area contributed by atoms with Gasteiger partial charge in [-0.25, -0.2) is 0 Å². The summed E-state index contributed by atoms with van der Waals surface area (Å²) in [5.74, 6) is -5.42. The van der Waals surface area contributed by atoms with E-state index in [1.807, 2.05) is 12.1 Å². The van der Waals surface area contributed by atoms with E-state index in [0.29, 0.717) is 5.56 Å². The lowest BCUT2D eigenvalue weighted by atomic mass is 10.0. The number of hydrogen-bond donors (Lipinski definition) is 10. The number of hydrogen-bond acceptors (Lipinski definition) is 12. The molecule has 3 aliphatic heterocycles. The van der Waals surface area contributed by atoms with Crippen LogP contribution in [0.2, 0.25) is 0 Å². The molecule has 3 heterocycles. The molecular formula is C45H64N8O11. The van der Waals surface area contributed by atoms with E-state index in [2.05, 4.69) is 33.5 Å². The molecule has 0 bridgehead atoms. The third-order valence-electron chi connectivity index (χ3n) is 12.0. The number of aryl methyl sites for hydroxylation is 2. The van der Waals surface area contributed by atoms with E-state index in [9.17, 15) is 54.0 Å². The first kappa shape index (κ1) is 49.4. The van der Waals surface area contributed by atoms with Crippen LogP contribution in [0.1, 0.15) is 93.6 Å². The van der Waals surface area contributed by atoms with Gasteiger partial charge in [0, 0.05) is 37.7 Å². The van der Waals surface area contributed by atoms with Crippen LogP contribution in [0, 0.1) is 0 Å². The molecule has 0 aliphatic carbocycles. The van der Waals surface area contributed by atoms with Crippen LogP contribution in [0.5, 0.6) is 5.75 Å². The molecule has 0 spiro atoms. The van der Waals surface area contributed by atoms with Gasteiger partial charge in [-0.2, -0.15) is 0 Å². The monoisotopic (exact) mass is 892 g/mol. The molecule has 3 fully saturated rings. The molecule has 19 nitrogen and oxygen atoms in total. The minimum atomic E-state index is -1.65. The summed E-state index contributed by atoms with van der Waals surface area (Å²) in [6.45, 7) is 4.22. The van der Waals surface area contributed by atoms with Crippen molar-refractivity contribution in [3.8, 4) is 5.75 Å². The molecule has 5 rings (SSSR count). The predicted molar refractivity (Wildman–Crippen MR) is 233 cm³/mol. The highest BCUT2D eigenvalue weighted by molar-refractivity contribution is 6.00. The van der Waals surface area contributed by atoms with Gasteiger partial charge in [-0.15, -0.1) is 0 Å². The van der Waals surface area contributed by atoms with Crippen molar-refractivity contribution >= 4 is 41.4 Å². The number of rotatable bonds is 11. The number of aliphatic hydroxyl groups is 3. The molecule has 19 heteroatoms. The van der Waals surface area contributed by atoms with Gasteiger partial charge in [0.25, 0.3) is 5.91 Å². The first-order chi connectivity index (χ1) is 30.5. The van der Waals surface area contributed by atoms with Crippen molar-refractivity contribution in [2.45, 2.75) is 146 Å². The van der Waals surface area contributed by atoms with Crippen molar-refractivity contribution in [2.75, 3.05) is 19.6 Å². The van der Waals surface area contributed by atoms with Crippen LogP contribution < -0.4 is 32.3 Å². The largest absolute Gasteiger partial charge is 0.508 e. The first-order valence-electron chi connectivity index (χ1n) is 22.2. The highest BCUT2D eigenvalue weighted by Crippen LogP contribution is 2.23. The van der Waals surface area contributed by atoms with Gasteiger partial charge in [0.15, 0.2) is 0 Å². The third kappa shape index (κ3) is 13.0. The molecule has 0 aromatic heterocycles. The van der Waals surface area contributed by atoms with Crippen molar-refractivity contribution in [2.24, 2.45) is 5.73 Å². The van der Waals surface area contributed by atoms with E-state index in [-0.39, 0.29) is 69.5 Å². The van der Waals surface area contributed by atoms with Gasteiger partial charge in [-0.05, 0) is 94.2 Å². The van der Waals surface area contributed by atoms with Crippen LogP contribution in [0.25, 0.3) is 0 Å². The summed E-state index contributed by atoms with van der Waals surface area (Å²) >= 11 is 0. The van der Waals surface area contributed by atoms with E-state index in [4.69, 9.17) is 5.73 Å². The zero-order valence-electron chi connectivity index (χ0n) is 36.7. The number of fused-ring (bicyclic) bond motifs is 2. The summed E-state index contributed by atoms with van der Waals surface area (Å²) < 4.78 is 0. The molecule has 350 valence electrons. The van der Waals surface area contributed by atoms with E-state index < -0.39 is 102 Å². The summed E-state index contributed by atoms with van der Waals surface area (Å²) in [5.41, 5.74) is 8.25. The Kier molecular flexibility index (Phi) is 17.6. The summed E-state index contributed by atoms with van der Waals surface area (Å²) in [6, 6.07) is 4.15. The molecule has 11 N–H and O–H groups in total. The zero-order chi connectivity index (χ0) is 46.7. The summed E-state index contributed by atoms with van der Waals surface area (Å²) in [4.78, 5) is 100. The maximum absolute atomic E-state index is 14.2. The SMILES string of the molecule is CCCCCc1ccc(C(=O)N[C@H]2CCCNC(=O)C3C[C@H](N)CN3C(=O)C(C(C)O)NC(=O)C(CCc3ccc(O)cc3)NC(=O)C3C[C@@H](O)CN3C(=O)C(C(C)O)NC2=O)cc1. The molecular weight excluding hydrogens is 829 g/mol. The number of benzene rings is 2. The molecule has 0 radical (unpaired) electrons. The summed E-state index contributed by atoms with van der Waals surface area (Å²) in [6.07, 6.45) is -0.205. The fraction of sp³-hybridized carbons (Fsp3) is 0.578. The van der Waals surface area contributed by atoms with Crippen molar-refractivity contribution in [3.05, 3.63) is 65.2 Å². The zero-order valence-corrected chi connectivity index (χ0v) is 36.7. The molecule has 3 saturated heterocycles. The second-order valence-corrected chi connectivity index (χ2v) is 17.2. The van der Waals surface area contributed by atoms with Crippen molar-refractivity contribution in [1.29, 1.82) is 0 Å². The van der Waals surface area contributed by atoms with Crippen LogP contribution >= 0.6 is 0 Å². The number of phenols is 1. The number of nitrogens with two attached hydrogens (primary N) is 1. The first-order valence-corrected chi connectivity index (χ1v) is 22.2. The van der Waals surface area contributed by atoms with Crippen LogP contribution in [0.4, 0.5) is 0 Å². The number of carbonyl (C=O) groups excluding carboxylic acids is 7. The Balaban J connectivity index is 1.47. The van der Waals surface area contributed by atoms with Crippen LogP contribution in [0.3, 0.4) is 0 Å². The lowest BCUT2D eigenvalue weighted by Gasteiger charge is -2.32. The van der Waals surface area contributed by atoms with Gasteiger partial charge < -0.3 is 62.5 Å². The molecule has 64 heavy (non-hydrogen) atoms. The number of aliphatic hydroxyl groups excluding tert-OH is 3. The lowest BCUT2D eigenvalue weighted by molar-refractivity contribution is -0.145. The maximum Gasteiger partial charge on any atom is 0.251 e. The number of carbonyl (C=O) groups is 7. The van der Waals surface area contributed by atoms with E-state index in [1.165, 1.54) is 30.9 Å². The Morgan fingerprint density at radius 3 is 1.97 bits per heavy atom. The fourth-order valence-electron chi connectivity index (χ4n) is 8.37. The van der Waals surface area contributed by atoms with Gasteiger partial charge >= 0.3 is 0 Å². The molecule has 2 aromatic rings. The van der Waals surface area contributed by atoms with Crippen molar-refractivity contribution in [3.63, 3.8) is 0 Å². The fourth-order valence-corrected chi connectivity index (χ4v) is 8.37. The standard InChI is InChI=1S/C45H64N8O11/c1-4-5-6-8-27-10-15-29(16-11-27)39(58)48-33-9-7-20-47-42(61)35-21-30(46)23-52(35)44(63)37(25(2)54)51-41(60)34(19-14-28-12-17-31(56)18-13-28)49-43(62)36-22-32(57)24-53(36)45(64)38(26(3)55)50-40(33)59/h10-13,15-18,25-26,30,32-38,54-57H,4-9,14,19-24,46H2,1-3H3,(H,47,61)(H,48,58)(H,49,62)(H,50,59)(H,51,60)/t25?,26?,30-,32+,33-,34?,35?,36?,37?,38?/m0/s1. The van der Waals surface area contributed by atoms with Gasteiger partial charge in [0.05, 0.1) is 18.3 Å². The molecule has 3 aliphatic rings. The average molecular weight is 893 g/mol. The van der Waals surface area contributed by atoms with Crippen molar-refractivity contribution in [1.82, 2.24) is 36.4 Å². The maximum atomic E-state index is 14.2. The Labute approximate surface area is 372 Å². The van der Waals surface area contributed by atoms with E-state index in [0.717, 1.165) is 36.1 Å². The average Bonchev–Trinajstić information content (AvgIpc) is 3.86. The highest BCUT2D eigenvalue weighted by atomic mass is 16.3.